The summed E-state index contributed by atoms with van der Waals surface area (Å²) in [4.78, 5) is 29.9. The predicted molar refractivity (Wildman–Crippen MR) is 136 cm³/mol. The SMILES string of the molecule is Cc1ccc(NC(=O)N(CC(=O)N(CCc2ccccc2)Cc2ccc(C)o2)CC(C)C)cc1. The van der Waals surface area contributed by atoms with Crippen LogP contribution < -0.4 is 5.32 Å². The van der Waals surface area contributed by atoms with E-state index in [0.29, 0.717) is 25.3 Å². The molecular weight excluding hydrogens is 426 g/mol. The molecule has 0 spiro atoms. The number of carbonyl (C=O) groups is 2. The van der Waals surface area contributed by atoms with E-state index in [4.69, 9.17) is 4.42 Å². The van der Waals surface area contributed by atoms with E-state index in [1.165, 1.54) is 0 Å². The van der Waals surface area contributed by atoms with Crippen molar-refractivity contribution in [3.05, 3.63) is 89.4 Å². The summed E-state index contributed by atoms with van der Waals surface area (Å²) in [5.41, 5.74) is 2.99. The lowest BCUT2D eigenvalue weighted by Gasteiger charge is -2.28. The third-order valence-electron chi connectivity index (χ3n) is 5.51. The Morgan fingerprint density at radius 2 is 1.62 bits per heavy atom. The van der Waals surface area contributed by atoms with Gasteiger partial charge in [0.15, 0.2) is 0 Å². The van der Waals surface area contributed by atoms with Gasteiger partial charge in [-0.05, 0) is 56.0 Å². The Balaban J connectivity index is 1.72. The van der Waals surface area contributed by atoms with Crippen molar-refractivity contribution in [3.8, 4) is 0 Å². The maximum Gasteiger partial charge on any atom is 0.322 e. The summed E-state index contributed by atoms with van der Waals surface area (Å²) in [6.07, 6.45) is 0.728. The van der Waals surface area contributed by atoms with Gasteiger partial charge in [-0.1, -0.05) is 61.9 Å². The monoisotopic (exact) mass is 461 g/mol. The standard InChI is InChI=1S/C28H35N3O3/c1-21(2)18-31(28(33)29-25-13-10-22(3)11-14-25)20-27(32)30(19-26-15-12-23(4)34-26)17-16-24-8-6-5-7-9-24/h5-15,21H,16-20H2,1-4H3,(H,29,33). The molecule has 0 aliphatic carbocycles. The minimum absolute atomic E-state index is 0.00432. The molecule has 0 radical (unpaired) electrons. The van der Waals surface area contributed by atoms with Crippen LogP contribution in [-0.2, 0) is 17.8 Å². The van der Waals surface area contributed by atoms with E-state index in [1.807, 2.05) is 82.3 Å². The third kappa shape index (κ3) is 7.80. The highest BCUT2D eigenvalue weighted by atomic mass is 16.3. The van der Waals surface area contributed by atoms with Crippen LogP contribution in [-0.4, -0.2) is 41.4 Å². The van der Waals surface area contributed by atoms with Gasteiger partial charge in [-0.15, -0.1) is 0 Å². The average molecular weight is 462 g/mol. The Kier molecular flexibility index (Phi) is 8.91. The van der Waals surface area contributed by atoms with E-state index in [2.05, 4.69) is 17.4 Å². The first-order valence-corrected chi connectivity index (χ1v) is 11.8. The van der Waals surface area contributed by atoms with Crippen LogP contribution in [0.1, 0.15) is 36.5 Å². The Morgan fingerprint density at radius 1 is 0.912 bits per heavy atom. The Bertz CT molecular complexity index is 1060. The molecule has 3 amide bonds. The summed E-state index contributed by atoms with van der Waals surface area (Å²) >= 11 is 0. The van der Waals surface area contributed by atoms with Gasteiger partial charge < -0.3 is 19.5 Å². The summed E-state index contributed by atoms with van der Waals surface area (Å²) in [7, 11) is 0. The molecule has 3 aromatic rings. The molecule has 34 heavy (non-hydrogen) atoms. The topological polar surface area (TPSA) is 65.8 Å². The van der Waals surface area contributed by atoms with Gasteiger partial charge in [-0.3, -0.25) is 4.79 Å². The Hall–Kier alpha value is -3.54. The molecule has 1 aromatic heterocycles. The van der Waals surface area contributed by atoms with Crippen LogP contribution in [0.25, 0.3) is 0 Å². The van der Waals surface area contributed by atoms with Crippen LogP contribution >= 0.6 is 0 Å². The second-order valence-corrected chi connectivity index (χ2v) is 9.13. The van der Waals surface area contributed by atoms with Crippen molar-refractivity contribution in [1.82, 2.24) is 9.80 Å². The summed E-state index contributed by atoms with van der Waals surface area (Å²) in [6, 6.07) is 21.2. The van der Waals surface area contributed by atoms with Crippen LogP contribution in [0, 0.1) is 19.8 Å². The van der Waals surface area contributed by atoms with E-state index in [0.717, 1.165) is 29.1 Å². The number of urea groups is 1. The van der Waals surface area contributed by atoms with Crippen LogP contribution in [0.15, 0.2) is 71.1 Å². The number of nitrogens with one attached hydrogen (secondary N) is 1. The number of hydrogen-bond donors (Lipinski definition) is 1. The quantitative estimate of drug-likeness (QED) is 0.424. The molecule has 1 N–H and O–H groups in total. The fourth-order valence-electron chi connectivity index (χ4n) is 3.72. The number of hydrogen-bond acceptors (Lipinski definition) is 3. The fraction of sp³-hybridized carbons (Fsp3) is 0.357. The van der Waals surface area contributed by atoms with E-state index in [-0.39, 0.29) is 24.4 Å². The van der Waals surface area contributed by atoms with Gasteiger partial charge >= 0.3 is 6.03 Å². The second kappa shape index (κ2) is 12.1. The van der Waals surface area contributed by atoms with Crippen molar-refractivity contribution < 1.29 is 14.0 Å². The molecule has 3 rings (SSSR count). The molecule has 0 aliphatic heterocycles. The number of nitrogens with zero attached hydrogens (tertiary/aromatic N) is 2. The van der Waals surface area contributed by atoms with E-state index in [9.17, 15) is 9.59 Å². The second-order valence-electron chi connectivity index (χ2n) is 9.13. The number of rotatable bonds is 10. The summed E-state index contributed by atoms with van der Waals surface area (Å²) in [5.74, 6) is 1.66. The van der Waals surface area contributed by atoms with Crippen LogP contribution in [0.5, 0.6) is 0 Å². The minimum Gasteiger partial charge on any atom is -0.464 e. The summed E-state index contributed by atoms with van der Waals surface area (Å²) in [5, 5.41) is 2.93. The predicted octanol–water partition coefficient (Wildman–Crippen LogP) is 5.66. The maximum absolute atomic E-state index is 13.4. The number of carbonyl (C=O) groups excluding carboxylic acids is 2. The van der Waals surface area contributed by atoms with Crippen molar-refractivity contribution >= 4 is 17.6 Å². The zero-order valence-electron chi connectivity index (χ0n) is 20.6. The molecule has 0 unspecified atom stereocenters. The van der Waals surface area contributed by atoms with E-state index in [1.54, 1.807) is 9.80 Å². The van der Waals surface area contributed by atoms with Crippen molar-refractivity contribution in [2.45, 2.75) is 40.7 Å². The number of benzene rings is 2. The zero-order valence-corrected chi connectivity index (χ0v) is 20.6. The van der Waals surface area contributed by atoms with Gasteiger partial charge in [0, 0.05) is 18.8 Å². The maximum atomic E-state index is 13.4. The molecule has 0 bridgehead atoms. The number of aryl methyl sites for hydroxylation is 2. The van der Waals surface area contributed by atoms with Crippen LogP contribution in [0.4, 0.5) is 10.5 Å². The van der Waals surface area contributed by atoms with Crippen molar-refractivity contribution in [1.29, 1.82) is 0 Å². The normalized spacial score (nSPS) is 10.9. The number of amides is 3. The molecule has 0 saturated carbocycles. The van der Waals surface area contributed by atoms with Crippen LogP contribution in [0.2, 0.25) is 0 Å². The molecule has 6 nitrogen and oxygen atoms in total. The molecule has 180 valence electrons. The van der Waals surface area contributed by atoms with Gasteiger partial charge in [-0.25, -0.2) is 4.79 Å². The first kappa shape index (κ1) is 25.1. The largest absolute Gasteiger partial charge is 0.464 e. The fourth-order valence-corrected chi connectivity index (χ4v) is 3.72. The lowest BCUT2D eigenvalue weighted by atomic mass is 10.1. The lowest BCUT2D eigenvalue weighted by Crippen LogP contribution is -2.46. The molecule has 0 atom stereocenters. The third-order valence-corrected chi connectivity index (χ3v) is 5.51. The van der Waals surface area contributed by atoms with Crippen molar-refractivity contribution in [2.75, 3.05) is 25.0 Å². The Labute approximate surface area is 202 Å². The van der Waals surface area contributed by atoms with Gasteiger partial charge in [0.25, 0.3) is 0 Å². The molecule has 0 fully saturated rings. The molecule has 0 saturated heterocycles. The van der Waals surface area contributed by atoms with Crippen LogP contribution in [0.3, 0.4) is 0 Å². The van der Waals surface area contributed by atoms with Crippen molar-refractivity contribution in [2.24, 2.45) is 5.92 Å². The van der Waals surface area contributed by atoms with Crippen molar-refractivity contribution in [3.63, 3.8) is 0 Å². The summed E-state index contributed by atoms with van der Waals surface area (Å²) < 4.78 is 5.74. The number of furan rings is 1. The number of anilines is 1. The highest BCUT2D eigenvalue weighted by Gasteiger charge is 2.23. The van der Waals surface area contributed by atoms with Gasteiger partial charge in [0.1, 0.15) is 18.1 Å². The first-order chi connectivity index (χ1) is 16.3. The van der Waals surface area contributed by atoms with Gasteiger partial charge in [-0.2, -0.15) is 0 Å². The van der Waals surface area contributed by atoms with E-state index < -0.39 is 0 Å². The highest BCUT2D eigenvalue weighted by Crippen LogP contribution is 2.14. The average Bonchev–Trinajstić information content (AvgIpc) is 3.22. The first-order valence-electron chi connectivity index (χ1n) is 11.8. The summed E-state index contributed by atoms with van der Waals surface area (Å²) in [6.45, 7) is 9.36. The molecule has 1 heterocycles. The highest BCUT2D eigenvalue weighted by molar-refractivity contribution is 5.92. The van der Waals surface area contributed by atoms with Gasteiger partial charge in [0.2, 0.25) is 5.91 Å². The molecule has 2 aromatic carbocycles. The lowest BCUT2D eigenvalue weighted by molar-refractivity contribution is -0.132. The smallest absolute Gasteiger partial charge is 0.322 e. The Morgan fingerprint density at radius 3 is 2.24 bits per heavy atom. The molecule has 0 aliphatic rings. The van der Waals surface area contributed by atoms with Gasteiger partial charge in [0.05, 0.1) is 6.54 Å². The minimum atomic E-state index is -0.275. The zero-order chi connectivity index (χ0) is 24.5. The molecular formula is C28H35N3O3. The van der Waals surface area contributed by atoms with E-state index >= 15 is 0 Å². The molecule has 6 heteroatoms.